The van der Waals surface area contributed by atoms with Crippen LogP contribution in [0.3, 0.4) is 0 Å². The van der Waals surface area contributed by atoms with Crippen molar-refractivity contribution in [2.24, 2.45) is 5.16 Å². The third-order valence-corrected chi connectivity index (χ3v) is 1.63. The van der Waals surface area contributed by atoms with Crippen molar-refractivity contribution in [2.75, 3.05) is 26.3 Å². The first kappa shape index (κ1) is 8.49. The minimum absolute atomic E-state index is 0.283. The van der Waals surface area contributed by atoms with E-state index < -0.39 is 0 Å². The highest BCUT2D eigenvalue weighted by Gasteiger charge is 2.12. The molecule has 11 heavy (non-hydrogen) atoms. The molecule has 0 amide bonds. The van der Waals surface area contributed by atoms with E-state index in [1.807, 2.05) is 0 Å². The molecule has 1 aliphatic heterocycles. The van der Waals surface area contributed by atoms with Crippen molar-refractivity contribution in [3.63, 3.8) is 0 Å². The van der Waals surface area contributed by atoms with E-state index in [1.54, 1.807) is 0 Å². The van der Waals surface area contributed by atoms with E-state index in [-0.39, 0.29) is 6.10 Å². The Balaban J connectivity index is 2.00. The smallest absolute Gasteiger partial charge is 0.119 e. The van der Waals surface area contributed by atoms with Gasteiger partial charge in [0.05, 0.1) is 12.7 Å². The summed E-state index contributed by atoms with van der Waals surface area (Å²) >= 11 is 0. The van der Waals surface area contributed by atoms with Crippen molar-refractivity contribution in [1.29, 1.82) is 0 Å². The van der Waals surface area contributed by atoms with Crippen molar-refractivity contribution >= 4 is 6.72 Å². The molecule has 0 saturated carbocycles. The lowest BCUT2D eigenvalue weighted by atomic mass is 10.2. The predicted octanol–water partition coefficient (Wildman–Crippen LogP) is -0.00290. The molecule has 0 radical (unpaired) electrons. The number of nitrogens with zero attached hydrogens (tertiary/aromatic N) is 1. The standard InChI is InChI=1S/C7H14N2O2/c1-8-11-4-2-7-6-9-3-5-10-7/h7,9H,1-6H2. The fraction of sp³-hybridized carbons (Fsp3) is 0.857. The summed E-state index contributed by atoms with van der Waals surface area (Å²) in [6.07, 6.45) is 1.16. The van der Waals surface area contributed by atoms with Gasteiger partial charge < -0.3 is 14.9 Å². The van der Waals surface area contributed by atoms with Crippen molar-refractivity contribution in [3.05, 3.63) is 0 Å². The Morgan fingerprint density at radius 1 is 1.73 bits per heavy atom. The zero-order valence-corrected chi connectivity index (χ0v) is 6.58. The van der Waals surface area contributed by atoms with E-state index in [2.05, 4.69) is 17.2 Å². The summed E-state index contributed by atoms with van der Waals surface area (Å²) in [5.74, 6) is 0. The summed E-state index contributed by atoms with van der Waals surface area (Å²) in [7, 11) is 0. The summed E-state index contributed by atoms with van der Waals surface area (Å²) in [6, 6.07) is 0. The Kier molecular flexibility index (Phi) is 3.93. The molecular weight excluding hydrogens is 144 g/mol. The molecule has 1 heterocycles. The summed E-state index contributed by atoms with van der Waals surface area (Å²) in [5.41, 5.74) is 0. The molecule has 1 fully saturated rings. The minimum atomic E-state index is 0.283. The lowest BCUT2D eigenvalue weighted by Crippen LogP contribution is -2.38. The van der Waals surface area contributed by atoms with Crippen LogP contribution in [0.5, 0.6) is 0 Å². The maximum atomic E-state index is 5.42. The first-order valence-electron chi connectivity index (χ1n) is 3.84. The fourth-order valence-corrected chi connectivity index (χ4v) is 1.05. The SMILES string of the molecule is C=NOCCC1CNCCO1. The fourth-order valence-electron chi connectivity index (χ4n) is 1.05. The highest BCUT2D eigenvalue weighted by atomic mass is 16.6. The van der Waals surface area contributed by atoms with Crippen molar-refractivity contribution in [1.82, 2.24) is 5.32 Å². The van der Waals surface area contributed by atoms with Gasteiger partial charge in [0.15, 0.2) is 0 Å². The number of rotatable bonds is 4. The summed E-state index contributed by atoms with van der Waals surface area (Å²) in [5, 5.41) is 6.53. The molecule has 0 aromatic rings. The van der Waals surface area contributed by atoms with Gasteiger partial charge in [-0.05, 0) is 0 Å². The van der Waals surface area contributed by atoms with Crippen LogP contribution in [0.25, 0.3) is 0 Å². The maximum absolute atomic E-state index is 5.42. The van der Waals surface area contributed by atoms with Crippen LogP contribution in [-0.4, -0.2) is 39.1 Å². The number of oxime groups is 1. The molecule has 0 bridgehead atoms. The molecule has 4 nitrogen and oxygen atoms in total. The van der Waals surface area contributed by atoms with E-state index >= 15 is 0 Å². The Labute approximate surface area is 66.5 Å². The number of ether oxygens (including phenoxy) is 1. The molecule has 0 aromatic heterocycles. The van der Waals surface area contributed by atoms with Gasteiger partial charge in [-0.3, -0.25) is 0 Å². The predicted molar refractivity (Wildman–Crippen MR) is 42.7 cm³/mol. The van der Waals surface area contributed by atoms with Crippen LogP contribution in [0.2, 0.25) is 0 Å². The van der Waals surface area contributed by atoms with Gasteiger partial charge in [0.1, 0.15) is 6.61 Å². The first-order chi connectivity index (χ1) is 5.43. The van der Waals surface area contributed by atoms with E-state index in [1.165, 1.54) is 0 Å². The van der Waals surface area contributed by atoms with Gasteiger partial charge in [0.25, 0.3) is 0 Å². The highest BCUT2D eigenvalue weighted by molar-refractivity contribution is 5.21. The number of hydrogen-bond donors (Lipinski definition) is 1. The molecule has 4 heteroatoms. The van der Waals surface area contributed by atoms with Crippen molar-refractivity contribution in [3.8, 4) is 0 Å². The molecule has 1 rings (SSSR count). The average Bonchev–Trinajstić information content (AvgIpc) is 2.07. The third kappa shape index (κ3) is 3.34. The zero-order valence-electron chi connectivity index (χ0n) is 6.58. The van der Waals surface area contributed by atoms with Gasteiger partial charge in [-0.1, -0.05) is 0 Å². The Morgan fingerprint density at radius 2 is 2.64 bits per heavy atom. The van der Waals surface area contributed by atoms with E-state index in [4.69, 9.17) is 9.57 Å². The van der Waals surface area contributed by atoms with Crippen LogP contribution in [0.4, 0.5) is 0 Å². The van der Waals surface area contributed by atoms with Gasteiger partial charge in [0, 0.05) is 26.2 Å². The topological polar surface area (TPSA) is 42.8 Å². The second-order valence-electron chi connectivity index (χ2n) is 2.45. The van der Waals surface area contributed by atoms with Crippen LogP contribution in [0, 0.1) is 0 Å². The zero-order chi connectivity index (χ0) is 7.94. The van der Waals surface area contributed by atoms with Crippen LogP contribution < -0.4 is 5.32 Å². The van der Waals surface area contributed by atoms with Crippen LogP contribution in [0.15, 0.2) is 5.16 Å². The van der Waals surface area contributed by atoms with Crippen LogP contribution in [-0.2, 0) is 9.57 Å². The Morgan fingerprint density at radius 3 is 3.27 bits per heavy atom. The maximum Gasteiger partial charge on any atom is 0.119 e. The number of morpholine rings is 1. The second-order valence-corrected chi connectivity index (χ2v) is 2.45. The van der Waals surface area contributed by atoms with Gasteiger partial charge in [-0.2, -0.15) is 0 Å². The molecule has 1 atom stereocenters. The third-order valence-electron chi connectivity index (χ3n) is 1.63. The lowest BCUT2D eigenvalue weighted by Gasteiger charge is -2.22. The first-order valence-corrected chi connectivity index (χ1v) is 3.84. The van der Waals surface area contributed by atoms with Gasteiger partial charge >= 0.3 is 0 Å². The molecule has 1 saturated heterocycles. The van der Waals surface area contributed by atoms with E-state index in [9.17, 15) is 0 Å². The molecular formula is C7H14N2O2. The Hall–Kier alpha value is -0.610. The quantitative estimate of drug-likeness (QED) is 0.356. The molecule has 1 unspecified atom stereocenters. The van der Waals surface area contributed by atoms with Gasteiger partial charge in [-0.15, -0.1) is 5.16 Å². The molecule has 0 aliphatic carbocycles. The van der Waals surface area contributed by atoms with Crippen molar-refractivity contribution in [2.45, 2.75) is 12.5 Å². The molecule has 1 aliphatic rings. The van der Waals surface area contributed by atoms with Gasteiger partial charge in [-0.25, -0.2) is 0 Å². The van der Waals surface area contributed by atoms with Crippen molar-refractivity contribution < 1.29 is 9.57 Å². The summed E-state index contributed by atoms with van der Waals surface area (Å²) < 4.78 is 5.42. The van der Waals surface area contributed by atoms with Crippen LogP contribution in [0.1, 0.15) is 6.42 Å². The number of nitrogens with one attached hydrogen (secondary N) is 1. The number of hydrogen-bond acceptors (Lipinski definition) is 4. The molecule has 0 spiro atoms. The highest BCUT2D eigenvalue weighted by Crippen LogP contribution is 2.00. The van der Waals surface area contributed by atoms with E-state index in [0.29, 0.717) is 6.61 Å². The lowest BCUT2D eigenvalue weighted by molar-refractivity contribution is 0.00390. The molecule has 64 valence electrons. The minimum Gasteiger partial charge on any atom is -0.396 e. The van der Waals surface area contributed by atoms with Gasteiger partial charge in [0.2, 0.25) is 0 Å². The second kappa shape index (κ2) is 5.09. The van der Waals surface area contributed by atoms with E-state index in [0.717, 1.165) is 26.1 Å². The average molecular weight is 158 g/mol. The summed E-state index contributed by atoms with van der Waals surface area (Å²) in [6.45, 7) is 6.48. The Bertz CT molecular complexity index is 113. The molecule has 0 aromatic carbocycles. The van der Waals surface area contributed by atoms with Crippen LogP contribution >= 0.6 is 0 Å². The summed E-state index contributed by atoms with van der Waals surface area (Å²) in [4.78, 5) is 4.74. The normalized spacial score (nSPS) is 24.5. The largest absolute Gasteiger partial charge is 0.396 e. The monoisotopic (exact) mass is 158 g/mol. The molecule has 1 N–H and O–H groups in total.